The Morgan fingerprint density at radius 2 is 1.84 bits per heavy atom. The number of alkyl halides is 3. The SMILES string of the molecule is Cc1nc(-c2ccc(OC(F)(F)F)cc2)nc2sc(C(N)=O)c(N)c12. The van der Waals surface area contributed by atoms with E-state index in [-0.39, 0.29) is 16.3 Å². The fraction of sp³-hybridized carbons (Fsp3) is 0.133. The number of anilines is 1. The first kappa shape index (κ1) is 17.0. The lowest BCUT2D eigenvalue weighted by Gasteiger charge is -2.09. The Morgan fingerprint density at radius 1 is 1.20 bits per heavy atom. The van der Waals surface area contributed by atoms with Gasteiger partial charge in [0, 0.05) is 5.56 Å². The van der Waals surface area contributed by atoms with E-state index in [0.717, 1.165) is 11.3 Å². The summed E-state index contributed by atoms with van der Waals surface area (Å²) in [5.41, 5.74) is 12.5. The molecule has 1 amide bonds. The van der Waals surface area contributed by atoms with Crippen LogP contribution >= 0.6 is 11.3 Å². The first-order valence-electron chi connectivity index (χ1n) is 6.88. The van der Waals surface area contributed by atoms with Crippen molar-refractivity contribution in [3.63, 3.8) is 0 Å². The van der Waals surface area contributed by atoms with Crippen LogP contribution in [0.1, 0.15) is 15.4 Å². The molecule has 0 saturated carbocycles. The van der Waals surface area contributed by atoms with Gasteiger partial charge >= 0.3 is 6.36 Å². The minimum absolute atomic E-state index is 0.193. The van der Waals surface area contributed by atoms with E-state index < -0.39 is 12.3 Å². The topological polar surface area (TPSA) is 104 Å². The molecule has 0 unspecified atom stereocenters. The van der Waals surface area contributed by atoms with E-state index in [2.05, 4.69) is 14.7 Å². The number of carbonyl (C=O) groups excluding carboxylic acids is 1. The van der Waals surface area contributed by atoms with Crippen molar-refractivity contribution < 1.29 is 22.7 Å². The van der Waals surface area contributed by atoms with Crippen LogP contribution in [0.2, 0.25) is 0 Å². The molecule has 3 rings (SSSR count). The van der Waals surface area contributed by atoms with Crippen molar-refractivity contribution in [1.29, 1.82) is 0 Å². The lowest BCUT2D eigenvalue weighted by atomic mass is 10.2. The van der Waals surface area contributed by atoms with Crippen molar-refractivity contribution in [2.45, 2.75) is 13.3 Å². The summed E-state index contributed by atoms with van der Waals surface area (Å²) < 4.78 is 40.4. The van der Waals surface area contributed by atoms with Crippen LogP contribution in [0.4, 0.5) is 18.9 Å². The van der Waals surface area contributed by atoms with Gasteiger partial charge in [0.1, 0.15) is 15.5 Å². The summed E-state index contributed by atoms with van der Waals surface area (Å²) in [5, 5.41) is 0.541. The number of halogens is 3. The van der Waals surface area contributed by atoms with Gasteiger partial charge in [0.15, 0.2) is 5.82 Å². The quantitative estimate of drug-likeness (QED) is 0.738. The molecule has 4 N–H and O–H groups in total. The van der Waals surface area contributed by atoms with Crippen molar-refractivity contribution in [3.05, 3.63) is 34.8 Å². The average Bonchev–Trinajstić information content (AvgIpc) is 2.84. The zero-order chi connectivity index (χ0) is 18.4. The molecule has 0 saturated heterocycles. The Hall–Kier alpha value is -2.88. The van der Waals surface area contributed by atoms with Gasteiger partial charge in [0.2, 0.25) is 0 Å². The van der Waals surface area contributed by atoms with Gasteiger partial charge in [-0.3, -0.25) is 4.79 Å². The Kier molecular flexibility index (Phi) is 3.99. The van der Waals surface area contributed by atoms with E-state index in [0.29, 0.717) is 27.3 Å². The van der Waals surface area contributed by atoms with Gasteiger partial charge in [-0.1, -0.05) is 0 Å². The number of aromatic nitrogens is 2. The summed E-state index contributed by atoms with van der Waals surface area (Å²) in [7, 11) is 0. The molecule has 6 nitrogen and oxygen atoms in total. The van der Waals surface area contributed by atoms with Gasteiger partial charge < -0.3 is 16.2 Å². The van der Waals surface area contributed by atoms with Crippen LogP contribution in [0.15, 0.2) is 24.3 Å². The number of amides is 1. The van der Waals surface area contributed by atoms with Crippen molar-refractivity contribution in [3.8, 4) is 17.1 Å². The van der Waals surface area contributed by atoms with Gasteiger partial charge in [-0.15, -0.1) is 24.5 Å². The highest BCUT2D eigenvalue weighted by molar-refractivity contribution is 7.21. The number of benzene rings is 1. The molecule has 0 aliphatic rings. The van der Waals surface area contributed by atoms with Gasteiger partial charge in [-0.2, -0.15) is 0 Å². The number of hydrogen-bond donors (Lipinski definition) is 2. The smallest absolute Gasteiger partial charge is 0.406 e. The number of nitrogens with zero attached hydrogens (tertiary/aromatic N) is 2. The highest BCUT2D eigenvalue weighted by atomic mass is 32.1. The zero-order valence-electron chi connectivity index (χ0n) is 12.7. The second-order valence-electron chi connectivity index (χ2n) is 5.09. The predicted octanol–water partition coefficient (Wildman–Crippen LogP) is 3.25. The van der Waals surface area contributed by atoms with Crippen LogP contribution in [0, 0.1) is 6.92 Å². The summed E-state index contributed by atoms with van der Waals surface area (Å²) in [6.07, 6.45) is -4.76. The third-order valence-corrected chi connectivity index (χ3v) is 4.45. The van der Waals surface area contributed by atoms with Gasteiger partial charge in [-0.05, 0) is 31.2 Å². The van der Waals surface area contributed by atoms with E-state index in [1.807, 2.05) is 0 Å². The second-order valence-corrected chi connectivity index (χ2v) is 6.09. The van der Waals surface area contributed by atoms with Crippen LogP contribution in [0.5, 0.6) is 5.75 Å². The second kappa shape index (κ2) is 5.88. The molecule has 0 spiro atoms. The summed E-state index contributed by atoms with van der Waals surface area (Å²) in [5.74, 6) is -0.707. The molecule has 25 heavy (non-hydrogen) atoms. The molecule has 0 atom stereocenters. The Morgan fingerprint density at radius 3 is 2.40 bits per heavy atom. The van der Waals surface area contributed by atoms with Crippen molar-refractivity contribution in [1.82, 2.24) is 9.97 Å². The molecule has 1 aromatic carbocycles. The number of aryl methyl sites for hydroxylation is 1. The highest BCUT2D eigenvalue weighted by Crippen LogP contribution is 2.35. The Bertz CT molecular complexity index is 968. The van der Waals surface area contributed by atoms with E-state index in [1.54, 1.807) is 6.92 Å². The molecule has 3 aromatic rings. The minimum Gasteiger partial charge on any atom is -0.406 e. The van der Waals surface area contributed by atoms with Crippen molar-refractivity contribution in [2.75, 3.05) is 5.73 Å². The number of primary amides is 1. The largest absolute Gasteiger partial charge is 0.573 e. The lowest BCUT2D eigenvalue weighted by Crippen LogP contribution is -2.16. The van der Waals surface area contributed by atoms with Crippen LogP contribution in [0.3, 0.4) is 0 Å². The summed E-state index contributed by atoms with van der Waals surface area (Å²) in [6.45, 7) is 1.70. The number of hydrogen-bond acceptors (Lipinski definition) is 6. The summed E-state index contributed by atoms with van der Waals surface area (Å²) in [4.78, 5) is 20.7. The molecule has 0 fully saturated rings. The zero-order valence-corrected chi connectivity index (χ0v) is 13.5. The molecule has 130 valence electrons. The van der Waals surface area contributed by atoms with E-state index >= 15 is 0 Å². The number of nitrogens with two attached hydrogens (primary N) is 2. The first-order chi connectivity index (χ1) is 11.7. The maximum absolute atomic E-state index is 12.2. The molecule has 0 aliphatic heterocycles. The van der Waals surface area contributed by atoms with E-state index in [1.165, 1.54) is 24.3 Å². The van der Waals surface area contributed by atoms with Crippen molar-refractivity contribution in [2.24, 2.45) is 5.73 Å². The molecule has 10 heteroatoms. The minimum atomic E-state index is -4.76. The maximum Gasteiger partial charge on any atom is 0.573 e. The third-order valence-electron chi connectivity index (χ3n) is 3.34. The summed E-state index contributed by atoms with van der Waals surface area (Å²) in [6, 6.07) is 5.16. The molecule has 2 heterocycles. The van der Waals surface area contributed by atoms with Crippen LogP contribution in [-0.2, 0) is 0 Å². The fourth-order valence-electron chi connectivity index (χ4n) is 2.31. The first-order valence-corrected chi connectivity index (χ1v) is 7.70. The summed E-state index contributed by atoms with van der Waals surface area (Å²) >= 11 is 1.04. The average molecular weight is 368 g/mol. The van der Waals surface area contributed by atoms with Gasteiger partial charge in [0.05, 0.1) is 16.8 Å². The monoisotopic (exact) mass is 368 g/mol. The van der Waals surface area contributed by atoms with Crippen LogP contribution < -0.4 is 16.2 Å². The number of carbonyl (C=O) groups is 1. The molecule has 0 bridgehead atoms. The number of fused-ring (bicyclic) bond motifs is 1. The number of ether oxygens (including phenoxy) is 1. The van der Waals surface area contributed by atoms with E-state index in [4.69, 9.17) is 11.5 Å². The lowest BCUT2D eigenvalue weighted by molar-refractivity contribution is -0.274. The molecule has 2 aromatic heterocycles. The Balaban J connectivity index is 2.03. The highest BCUT2D eigenvalue weighted by Gasteiger charge is 2.31. The molecule has 0 aliphatic carbocycles. The van der Waals surface area contributed by atoms with Crippen LogP contribution in [0.25, 0.3) is 21.6 Å². The van der Waals surface area contributed by atoms with Crippen molar-refractivity contribution >= 4 is 33.1 Å². The number of nitrogen functional groups attached to an aromatic ring is 1. The van der Waals surface area contributed by atoms with Gasteiger partial charge in [-0.25, -0.2) is 9.97 Å². The molecular formula is C15H11F3N4O2S. The fourth-order valence-corrected chi connectivity index (χ4v) is 3.31. The normalized spacial score (nSPS) is 11.7. The standard InChI is InChI=1S/C15H11F3N4O2S/c1-6-9-10(19)11(12(20)23)25-14(9)22-13(21-6)7-2-4-8(5-3-7)24-15(16,17)18/h2-5H,19H2,1H3,(H2,20,23). The Labute approximate surface area is 143 Å². The third kappa shape index (κ3) is 3.33. The van der Waals surface area contributed by atoms with Gasteiger partial charge in [0.25, 0.3) is 5.91 Å². The molecule has 0 radical (unpaired) electrons. The maximum atomic E-state index is 12.2. The van der Waals surface area contributed by atoms with E-state index in [9.17, 15) is 18.0 Å². The predicted molar refractivity (Wildman–Crippen MR) is 87.2 cm³/mol. The van der Waals surface area contributed by atoms with Crippen LogP contribution in [-0.4, -0.2) is 22.2 Å². The number of rotatable bonds is 3. The number of thiophene rings is 1. The molecular weight excluding hydrogens is 357 g/mol.